The molecule has 2 atom stereocenters. The second kappa shape index (κ2) is 12.3. The summed E-state index contributed by atoms with van der Waals surface area (Å²) < 4.78 is 19.8. The topological polar surface area (TPSA) is 41.6 Å². The van der Waals surface area contributed by atoms with Gasteiger partial charge >= 0.3 is 0 Å². The predicted octanol–water partition coefficient (Wildman–Crippen LogP) is 6.76. The van der Waals surface area contributed by atoms with Crippen molar-refractivity contribution >= 4 is 5.91 Å². The lowest BCUT2D eigenvalue weighted by Gasteiger charge is -2.38. The zero-order valence-electron chi connectivity index (χ0n) is 22.6. The standard InChI is InChI=1S/C34H35FN2O2/c1-3-32(34(38)36-22-25-10-8-14-29(35)20-25)39-30-16-15-27-17-18-37(23-26-11-7-9-24(2)19-26)33(31(27)21-30)28-12-5-4-6-13-28/h4-16,19-21,32-33H,3,17-18,22-23H2,1-2H3,(H,36,38). The number of carbonyl (C=O) groups is 1. The molecule has 0 saturated carbocycles. The molecule has 0 bridgehead atoms. The number of carbonyl (C=O) groups excluding carboxylic acids is 1. The van der Waals surface area contributed by atoms with Crippen LogP contribution < -0.4 is 10.1 Å². The van der Waals surface area contributed by atoms with E-state index in [0.717, 1.165) is 19.5 Å². The molecule has 4 nitrogen and oxygen atoms in total. The summed E-state index contributed by atoms with van der Waals surface area (Å²) >= 11 is 0. The molecule has 4 aromatic carbocycles. The van der Waals surface area contributed by atoms with Gasteiger partial charge in [-0.15, -0.1) is 0 Å². The second-order valence-corrected chi connectivity index (χ2v) is 10.2. The van der Waals surface area contributed by atoms with Gasteiger partial charge in [-0.05, 0) is 71.8 Å². The third-order valence-corrected chi connectivity index (χ3v) is 7.33. The summed E-state index contributed by atoms with van der Waals surface area (Å²) in [6.07, 6.45) is 0.836. The highest BCUT2D eigenvalue weighted by Crippen LogP contribution is 2.38. The van der Waals surface area contributed by atoms with E-state index in [1.54, 1.807) is 12.1 Å². The van der Waals surface area contributed by atoms with Crippen molar-refractivity contribution in [2.24, 2.45) is 0 Å². The molecule has 5 heteroatoms. The Labute approximate surface area is 230 Å². The van der Waals surface area contributed by atoms with Gasteiger partial charge in [0.1, 0.15) is 11.6 Å². The Morgan fingerprint density at radius 3 is 2.54 bits per heavy atom. The molecule has 1 N–H and O–H groups in total. The van der Waals surface area contributed by atoms with Gasteiger partial charge in [0.25, 0.3) is 5.91 Å². The number of amides is 1. The molecule has 0 spiro atoms. The van der Waals surface area contributed by atoms with Gasteiger partial charge in [-0.1, -0.05) is 85.3 Å². The number of nitrogens with zero attached hydrogens (tertiary/aromatic N) is 1. The first-order valence-electron chi connectivity index (χ1n) is 13.7. The van der Waals surface area contributed by atoms with Crippen molar-refractivity contribution in [1.29, 1.82) is 0 Å². The minimum absolute atomic E-state index is 0.0842. The van der Waals surface area contributed by atoms with E-state index in [0.29, 0.717) is 17.7 Å². The molecule has 2 unspecified atom stereocenters. The van der Waals surface area contributed by atoms with Crippen LogP contribution in [0.25, 0.3) is 0 Å². The molecule has 0 aromatic heterocycles. The first kappa shape index (κ1) is 26.6. The minimum Gasteiger partial charge on any atom is -0.481 e. The quantitative estimate of drug-likeness (QED) is 0.264. The number of nitrogens with one attached hydrogen (secondary N) is 1. The number of rotatable bonds is 9. The Kier molecular flexibility index (Phi) is 8.38. The number of benzene rings is 4. The maximum atomic E-state index is 13.5. The number of fused-ring (bicyclic) bond motifs is 1. The highest BCUT2D eigenvalue weighted by atomic mass is 19.1. The van der Waals surface area contributed by atoms with Crippen LogP contribution in [0.4, 0.5) is 4.39 Å². The van der Waals surface area contributed by atoms with Crippen LogP contribution in [0, 0.1) is 12.7 Å². The van der Waals surface area contributed by atoms with Crippen molar-refractivity contribution in [3.05, 3.63) is 136 Å². The van der Waals surface area contributed by atoms with Gasteiger partial charge in [0.2, 0.25) is 0 Å². The first-order valence-corrected chi connectivity index (χ1v) is 13.7. The fourth-order valence-corrected chi connectivity index (χ4v) is 5.40. The Bertz CT molecular complexity index is 1420. The highest BCUT2D eigenvalue weighted by Gasteiger charge is 2.30. The van der Waals surface area contributed by atoms with E-state index in [9.17, 15) is 9.18 Å². The maximum Gasteiger partial charge on any atom is 0.261 e. The van der Waals surface area contributed by atoms with Crippen molar-refractivity contribution < 1.29 is 13.9 Å². The fraction of sp³-hybridized carbons (Fsp3) is 0.265. The Morgan fingerprint density at radius 1 is 0.974 bits per heavy atom. The average Bonchev–Trinajstić information content (AvgIpc) is 2.95. The molecule has 39 heavy (non-hydrogen) atoms. The van der Waals surface area contributed by atoms with Crippen molar-refractivity contribution in [2.75, 3.05) is 6.54 Å². The Balaban J connectivity index is 1.37. The molecular formula is C34H35FN2O2. The van der Waals surface area contributed by atoms with Crippen LogP contribution >= 0.6 is 0 Å². The maximum absolute atomic E-state index is 13.5. The zero-order chi connectivity index (χ0) is 27.2. The normalized spacial score (nSPS) is 15.8. The molecule has 5 rings (SSSR count). The second-order valence-electron chi connectivity index (χ2n) is 10.2. The van der Waals surface area contributed by atoms with Crippen LogP contribution in [0.15, 0.2) is 97.1 Å². The Hall–Kier alpha value is -3.96. The largest absolute Gasteiger partial charge is 0.481 e. The van der Waals surface area contributed by atoms with Crippen molar-refractivity contribution in [2.45, 2.75) is 51.9 Å². The summed E-state index contributed by atoms with van der Waals surface area (Å²) in [5.74, 6) is 0.156. The van der Waals surface area contributed by atoms with Crippen LogP contribution in [0.2, 0.25) is 0 Å². The van der Waals surface area contributed by atoms with Crippen LogP contribution in [0.3, 0.4) is 0 Å². The van der Waals surface area contributed by atoms with Gasteiger partial charge in [-0.25, -0.2) is 4.39 Å². The van der Waals surface area contributed by atoms with Gasteiger partial charge in [0, 0.05) is 19.6 Å². The lowest BCUT2D eigenvalue weighted by molar-refractivity contribution is -0.128. The van der Waals surface area contributed by atoms with Crippen molar-refractivity contribution in [1.82, 2.24) is 10.2 Å². The molecular weight excluding hydrogens is 487 g/mol. The van der Waals surface area contributed by atoms with E-state index in [1.165, 1.54) is 39.9 Å². The van der Waals surface area contributed by atoms with E-state index >= 15 is 0 Å². The number of hydrogen-bond donors (Lipinski definition) is 1. The summed E-state index contributed by atoms with van der Waals surface area (Å²) in [7, 11) is 0. The van der Waals surface area contributed by atoms with Gasteiger partial charge in [-0.3, -0.25) is 9.69 Å². The van der Waals surface area contributed by atoms with E-state index in [4.69, 9.17) is 4.74 Å². The third kappa shape index (κ3) is 6.55. The molecule has 0 aliphatic carbocycles. The van der Waals surface area contributed by atoms with Crippen LogP contribution in [-0.4, -0.2) is 23.5 Å². The molecule has 1 heterocycles. The lowest BCUT2D eigenvalue weighted by atomic mass is 9.87. The zero-order valence-corrected chi connectivity index (χ0v) is 22.6. The highest BCUT2D eigenvalue weighted by molar-refractivity contribution is 5.81. The van der Waals surface area contributed by atoms with Crippen LogP contribution in [0.5, 0.6) is 5.75 Å². The van der Waals surface area contributed by atoms with Crippen LogP contribution in [-0.2, 0) is 24.3 Å². The monoisotopic (exact) mass is 522 g/mol. The number of ether oxygens (including phenoxy) is 1. The molecule has 0 fully saturated rings. The summed E-state index contributed by atoms with van der Waals surface area (Å²) in [6, 6.07) is 31.9. The average molecular weight is 523 g/mol. The molecule has 0 saturated heterocycles. The summed E-state index contributed by atoms with van der Waals surface area (Å²) in [4.78, 5) is 15.5. The van der Waals surface area contributed by atoms with Crippen molar-refractivity contribution in [3.8, 4) is 5.75 Å². The van der Waals surface area contributed by atoms with Crippen LogP contribution in [0.1, 0.15) is 52.8 Å². The first-order chi connectivity index (χ1) is 19.0. The smallest absolute Gasteiger partial charge is 0.261 e. The van der Waals surface area contributed by atoms with Crippen molar-refractivity contribution in [3.63, 3.8) is 0 Å². The summed E-state index contributed by atoms with van der Waals surface area (Å²) in [5, 5.41) is 2.89. The molecule has 1 amide bonds. The fourth-order valence-electron chi connectivity index (χ4n) is 5.40. The van der Waals surface area contributed by atoms with Gasteiger partial charge in [0.05, 0.1) is 6.04 Å². The number of hydrogen-bond acceptors (Lipinski definition) is 3. The molecule has 1 aliphatic rings. The summed E-state index contributed by atoms with van der Waals surface area (Å²) in [6.45, 7) is 6.13. The van der Waals surface area contributed by atoms with E-state index in [1.807, 2.05) is 19.1 Å². The van der Waals surface area contributed by atoms with Gasteiger partial charge < -0.3 is 10.1 Å². The Morgan fingerprint density at radius 2 is 1.77 bits per heavy atom. The van der Waals surface area contributed by atoms with E-state index in [2.05, 4.69) is 77.8 Å². The summed E-state index contributed by atoms with van der Waals surface area (Å²) in [5.41, 5.74) is 7.04. The lowest BCUT2D eigenvalue weighted by Crippen LogP contribution is -2.38. The molecule has 1 aliphatic heterocycles. The number of halogens is 1. The third-order valence-electron chi connectivity index (χ3n) is 7.33. The molecule has 0 radical (unpaired) electrons. The van der Waals surface area contributed by atoms with E-state index < -0.39 is 6.10 Å². The van der Waals surface area contributed by atoms with Gasteiger partial charge in [-0.2, -0.15) is 0 Å². The minimum atomic E-state index is -0.640. The van der Waals surface area contributed by atoms with E-state index in [-0.39, 0.29) is 24.3 Å². The predicted molar refractivity (Wildman–Crippen MR) is 153 cm³/mol. The molecule has 200 valence electrons. The molecule has 4 aromatic rings. The SMILES string of the molecule is CCC(Oc1ccc2c(c1)C(c1ccccc1)N(Cc1cccc(C)c1)CC2)C(=O)NCc1cccc(F)c1. The number of aryl methyl sites for hydroxylation is 1. The van der Waals surface area contributed by atoms with Gasteiger partial charge in [0.15, 0.2) is 6.10 Å².